The Bertz CT molecular complexity index is 741. The molecule has 2 amide bonds. The van der Waals surface area contributed by atoms with Gasteiger partial charge in [0, 0.05) is 70.8 Å². The number of likely N-dealkylation sites (tertiary alicyclic amines) is 1. The van der Waals surface area contributed by atoms with Crippen molar-refractivity contribution < 1.29 is 14.3 Å². The molecule has 2 aliphatic heterocycles. The van der Waals surface area contributed by atoms with Crippen molar-refractivity contribution >= 4 is 11.8 Å². The van der Waals surface area contributed by atoms with Gasteiger partial charge in [-0.1, -0.05) is 13.8 Å². The first-order chi connectivity index (χ1) is 16.0. The molecule has 0 saturated carbocycles. The minimum Gasteiger partial charge on any atom is -0.379 e. The van der Waals surface area contributed by atoms with Gasteiger partial charge < -0.3 is 20.7 Å². The number of nitrogens with zero attached hydrogens (tertiary/aromatic N) is 4. The second-order valence-corrected chi connectivity index (χ2v) is 9.36. The lowest BCUT2D eigenvalue weighted by atomic mass is 9.93. The summed E-state index contributed by atoms with van der Waals surface area (Å²) >= 11 is 0. The first kappa shape index (κ1) is 25.6. The van der Waals surface area contributed by atoms with Crippen molar-refractivity contribution in [2.75, 3.05) is 65.6 Å². The summed E-state index contributed by atoms with van der Waals surface area (Å²) in [6, 6.07) is 3.24. The summed E-state index contributed by atoms with van der Waals surface area (Å²) < 4.78 is 5.48. The van der Waals surface area contributed by atoms with Gasteiger partial charge in [0.25, 0.3) is 5.91 Å². The fourth-order valence-electron chi connectivity index (χ4n) is 4.72. The SMILES string of the molecule is CC(C)CN(CCN1CCOCC1)C1CCN(C(=O)c2cccnc2)[C@@H](C(=O)NCCN)C1. The number of hydrogen-bond donors (Lipinski definition) is 2. The molecule has 2 atom stereocenters. The second kappa shape index (κ2) is 13.0. The number of aromatic nitrogens is 1. The molecule has 1 unspecified atom stereocenters. The molecule has 2 aliphatic rings. The molecule has 0 spiro atoms. The number of nitrogens with two attached hydrogens (primary N) is 1. The normalized spacial score (nSPS) is 22.0. The molecule has 3 heterocycles. The summed E-state index contributed by atoms with van der Waals surface area (Å²) in [5.41, 5.74) is 6.12. The van der Waals surface area contributed by atoms with Crippen LogP contribution in [-0.2, 0) is 9.53 Å². The Kier molecular flexibility index (Phi) is 10.1. The van der Waals surface area contributed by atoms with Crippen molar-refractivity contribution in [2.24, 2.45) is 11.7 Å². The van der Waals surface area contributed by atoms with E-state index in [4.69, 9.17) is 10.5 Å². The molecule has 33 heavy (non-hydrogen) atoms. The summed E-state index contributed by atoms with van der Waals surface area (Å²) in [6.07, 6.45) is 4.68. The molecule has 0 aromatic carbocycles. The highest BCUT2D eigenvalue weighted by atomic mass is 16.5. The number of morpholine rings is 1. The van der Waals surface area contributed by atoms with E-state index in [0.29, 0.717) is 37.5 Å². The number of amides is 2. The van der Waals surface area contributed by atoms with Crippen LogP contribution in [0.5, 0.6) is 0 Å². The maximum Gasteiger partial charge on any atom is 0.256 e. The smallest absolute Gasteiger partial charge is 0.256 e. The first-order valence-electron chi connectivity index (χ1n) is 12.2. The Balaban J connectivity index is 1.72. The lowest BCUT2D eigenvalue weighted by Crippen LogP contribution is -2.58. The van der Waals surface area contributed by atoms with Crippen LogP contribution in [0, 0.1) is 5.92 Å². The van der Waals surface area contributed by atoms with E-state index in [1.807, 2.05) is 0 Å². The number of carbonyl (C=O) groups excluding carboxylic acids is 2. The highest BCUT2D eigenvalue weighted by molar-refractivity contribution is 5.97. The number of piperidine rings is 1. The number of hydrogen-bond acceptors (Lipinski definition) is 7. The fraction of sp³-hybridized carbons (Fsp3) is 0.708. The Morgan fingerprint density at radius 2 is 2.09 bits per heavy atom. The highest BCUT2D eigenvalue weighted by Crippen LogP contribution is 2.25. The third kappa shape index (κ3) is 7.46. The van der Waals surface area contributed by atoms with Gasteiger partial charge in [-0.05, 0) is 30.9 Å². The molecular weight excluding hydrogens is 420 g/mol. The van der Waals surface area contributed by atoms with Crippen molar-refractivity contribution in [3.05, 3.63) is 30.1 Å². The third-order valence-corrected chi connectivity index (χ3v) is 6.41. The van der Waals surface area contributed by atoms with Gasteiger partial charge in [-0.3, -0.25) is 24.4 Å². The molecule has 184 valence electrons. The zero-order valence-electron chi connectivity index (χ0n) is 20.1. The minimum absolute atomic E-state index is 0.125. The minimum atomic E-state index is -0.513. The van der Waals surface area contributed by atoms with Gasteiger partial charge in [0.2, 0.25) is 5.91 Å². The molecular formula is C24H40N6O3. The van der Waals surface area contributed by atoms with Gasteiger partial charge in [-0.2, -0.15) is 0 Å². The van der Waals surface area contributed by atoms with Crippen LogP contribution < -0.4 is 11.1 Å². The molecule has 3 rings (SSSR count). The predicted octanol–water partition coefficient (Wildman–Crippen LogP) is 0.420. The quantitative estimate of drug-likeness (QED) is 0.521. The predicted molar refractivity (Wildman–Crippen MR) is 128 cm³/mol. The van der Waals surface area contributed by atoms with E-state index in [1.165, 1.54) is 0 Å². The molecule has 0 radical (unpaired) electrons. The van der Waals surface area contributed by atoms with Crippen LogP contribution in [0.2, 0.25) is 0 Å². The monoisotopic (exact) mass is 460 g/mol. The van der Waals surface area contributed by atoms with E-state index < -0.39 is 6.04 Å². The number of pyridine rings is 1. The Morgan fingerprint density at radius 3 is 2.76 bits per heavy atom. The molecule has 1 aromatic rings. The van der Waals surface area contributed by atoms with E-state index in [0.717, 1.165) is 52.4 Å². The number of carbonyl (C=O) groups is 2. The Labute approximate surface area is 197 Å². The molecule has 2 saturated heterocycles. The van der Waals surface area contributed by atoms with Gasteiger partial charge in [-0.25, -0.2) is 0 Å². The highest BCUT2D eigenvalue weighted by Gasteiger charge is 2.38. The van der Waals surface area contributed by atoms with Crippen molar-refractivity contribution in [3.63, 3.8) is 0 Å². The zero-order valence-corrected chi connectivity index (χ0v) is 20.1. The van der Waals surface area contributed by atoms with Gasteiger partial charge in [0.15, 0.2) is 0 Å². The topological polar surface area (TPSA) is 104 Å². The molecule has 9 nitrogen and oxygen atoms in total. The van der Waals surface area contributed by atoms with Gasteiger partial charge in [0.1, 0.15) is 6.04 Å². The average Bonchev–Trinajstić information content (AvgIpc) is 2.85. The molecule has 9 heteroatoms. The van der Waals surface area contributed by atoms with E-state index in [2.05, 4.69) is 33.9 Å². The zero-order chi connectivity index (χ0) is 23.6. The Hall–Kier alpha value is -2.07. The van der Waals surface area contributed by atoms with Gasteiger partial charge in [0.05, 0.1) is 18.8 Å². The van der Waals surface area contributed by atoms with Crippen LogP contribution in [0.25, 0.3) is 0 Å². The molecule has 3 N–H and O–H groups in total. The van der Waals surface area contributed by atoms with E-state index in [9.17, 15) is 9.59 Å². The second-order valence-electron chi connectivity index (χ2n) is 9.36. The number of rotatable bonds is 10. The summed E-state index contributed by atoms with van der Waals surface area (Å²) in [5.74, 6) is 0.257. The molecule has 0 bridgehead atoms. The summed E-state index contributed by atoms with van der Waals surface area (Å²) in [4.78, 5) is 37.1. The van der Waals surface area contributed by atoms with E-state index in [1.54, 1.807) is 29.4 Å². The van der Waals surface area contributed by atoms with Crippen molar-refractivity contribution in [3.8, 4) is 0 Å². The van der Waals surface area contributed by atoms with E-state index in [-0.39, 0.29) is 17.9 Å². The maximum atomic E-state index is 13.2. The number of ether oxygens (including phenoxy) is 1. The van der Waals surface area contributed by atoms with Crippen LogP contribution in [-0.4, -0.2) is 109 Å². The third-order valence-electron chi connectivity index (χ3n) is 6.41. The summed E-state index contributed by atoms with van der Waals surface area (Å²) in [5, 5.41) is 2.91. The van der Waals surface area contributed by atoms with Crippen LogP contribution in [0.4, 0.5) is 0 Å². The van der Waals surface area contributed by atoms with Crippen molar-refractivity contribution in [1.82, 2.24) is 25.0 Å². The summed E-state index contributed by atoms with van der Waals surface area (Å²) in [7, 11) is 0. The van der Waals surface area contributed by atoms with Crippen molar-refractivity contribution in [2.45, 2.75) is 38.8 Å². The average molecular weight is 461 g/mol. The largest absolute Gasteiger partial charge is 0.379 e. The van der Waals surface area contributed by atoms with Crippen LogP contribution in [0.3, 0.4) is 0 Å². The van der Waals surface area contributed by atoms with Gasteiger partial charge in [-0.15, -0.1) is 0 Å². The first-order valence-corrected chi connectivity index (χ1v) is 12.2. The van der Waals surface area contributed by atoms with Gasteiger partial charge >= 0.3 is 0 Å². The molecule has 2 fully saturated rings. The summed E-state index contributed by atoms with van der Waals surface area (Å²) in [6.45, 7) is 12.2. The molecule has 0 aliphatic carbocycles. The standard InChI is InChI=1S/C24H40N6O3/c1-19(2)18-29(11-10-28-12-14-33-15-13-28)21-5-9-30(22(16-21)23(31)27-8-6-25)24(32)20-4-3-7-26-17-20/h3-4,7,17,19,21-22H,5-6,8-16,18,25H2,1-2H3,(H,27,31)/t21?,22-/m1/s1. The van der Waals surface area contributed by atoms with Crippen LogP contribution in [0.15, 0.2) is 24.5 Å². The maximum absolute atomic E-state index is 13.2. The van der Waals surface area contributed by atoms with Crippen molar-refractivity contribution in [1.29, 1.82) is 0 Å². The molecule has 1 aromatic heterocycles. The lowest BCUT2D eigenvalue weighted by Gasteiger charge is -2.44. The lowest BCUT2D eigenvalue weighted by molar-refractivity contribution is -0.127. The Morgan fingerprint density at radius 1 is 1.30 bits per heavy atom. The van der Waals surface area contributed by atoms with Crippen LogP contribution >= 0.6 is 0 Å². The number of nitrogens with one attached hydrogen (secondary N) is 1. The fourth-order valence-corrected chi connectivity index (χ4v) is 4.72. The van der Waals surface area contributed by atoms with Crippen LogP contribution in [0.1, 0.15) is 37.0 Å². The van der Waals surface area contributed by atoms with E-state index >= 15 is 0 Å².